The van der Waals surface area contributed by atoms with Crippen molar-refractivity contribution in [3.63, 3.8) is 0 Å². The molecule has 1 saturated carbocycles. The molecule has 1 fully saturated rings. The van der Waals surface area contributed by atoms with E-state index in [0.29, 0.717) is 24.8 Å². The van der Waals surface area contributed by atoms with Gasteiger partial charge < -0.3 is 9.73 Å². The lowest BCUT2D eigenvalue weighted by Gasteiger charge is -2.07. The van der Waals surface area contributed by atoms with Crippen molar-refractivity contribution in [2.45, 2.75) is 25.3 Å². The minimum absolute atomic E-state index is 0.130. The summed E-state index contributed by atoms with van der Waals surface area (Å²) in [5, 5.41) is 9.70. The Morgan fingerprint density at radius 2 is 2.32 bits per heavy atom. The number of nitrogens with zero attached hydrogens (tertiary/aromatic N) is 2. The molecule has 0 aliphatic heterocycles. The number of thiophene rings is 1. The van der Waals surface area contributed by atoms with Gasteiger partial charge in [-0.25, -0.2) is 0 Å². The predicted molar refractivity (Wildman–Crippen MR) is 98.3 cm³/mol. The van der Waals surface area contributed by atoms with Crippen LogP contribution in [0.3, 0.4) is 0 Å². The summed E-state index contributed by atoms with van der Waals surface area (Å²) in [6.07, 6.45) is 7.19. The maximum atomic E-state index is 11.9. The van der Waals surface area contributed by atoms with Gasteiger partial charge in [0.2, 0.25) is 5.91 Å². The molecule has 4 rings (SSSR count). The number of hydrogen-bond donors (Lipinski definition) is 1. The van der Waals surface area contributed by atoms with Gasteiger partial charge in [-0.15, -0.1) is 11.3 Å². The third-order valence-electron chi connectivity index (χ3n) is 4.15. The average Bonchev–Trinajstić information content (AvgIpc) is 3.06. The van der Waals surface area contributed by atoms with Gasteiger partial charge >= 0.3 is 0 Å². The Kier molecular flexibility index (Phi) is 4.52. The lowest BCUT2D eigenvalue weighted by molar-refractivity contribution is -0.116. The first kappa shape index (κ1) is 15.9. The van der Waals surface area contributed by atoms with Gasteiger partial charge in [-0.05, 0) is 48.6 Å². The lowest BCUT2D eigenvalue weighted by atomic mass is 10.2. The summed E-state index contributed by atoms with van der Waals surface area (Å²) in [4.78, 5) is 13.1. The van der Waals surface area contributed by atoms with Crippen LogP contribution in [-0.2, 0) is 11.3 Å². The number of rotatable bonds is 7. The summed E-state index contributed by atoms with van der Waals surface area (Å²) in [5.41, 5.74) is 2.31. The second-order valence-corrected chi connectivity index (χ2v) is 7.02. The molecule has 5 nitrogen and oxygen atoms in total. The van der Waals surface area contributed by atoms with Gasteiger partial charge in [-0.2, -0.15) is 5.10 Å². The van der Waals surface area contributed by atoms with Gasteiger partial charge in [0.15, 0.2) is 0 Å². The highest BCUT2D eigenvalue weighted by molar-refractivity contribution is 7.13. The van der Waals surface area contributed by atoms with E-state index in [4.69, 9.17) is 9.52 Å². The van der Waals surface area contributed by atoms with Crippen molar-refractivity contribution in [2.24, 2.45) is 0 Å². The third-order valence-corrected chi connectivity index (χ3v) is 5.04. The van der Waals surface area contributed by atoms with Crippen LogP contribution in [0.2, 0.25) is 0 Å². The zero-order chi connectivity index (χ0) is 17.1. The zero-order valence-corrected chi connectivity index (χ0v) is 14.5. The average molecular weight is 353 g/mol. The molecule has 0 atom stereocenters. The van der Waals surface area contributed by atoms with Gasteiger partial charge in [0.05, 0.1) is 17.7 Å². The van der Waals surface area contributed by atoms with Crippen LogP contribution in [0.5, 0.6) is 0 Å². The van der Waals surface area contributed by atoms with E-state index in [1.807, 2.05) is 16.8 Å². The van der Waals surface area contributed by atoms with Gasteiger partial charge in [0.1, 0.15) is 11.5 Å². The summed E-state index contributed by atoms with van der Waals surface area (Å²) < 4.78 is 7.21. The molecule has 3 aromatic heterocycles. The van der Waals surface area contributed by atoms with Crippen molar-refractivity contribution < 1.29 is 9.21 Å². The molecule has 3 heterocycles. The Labute approximate surface area is 150 Å². The summed E-state index contributed by atoms with van der Waals surface area (Å²) in [7, 11) is 0. The van der Waals surface area contributed by atoms with Gasteiger partial charge in [0, 0.05) is 24.2 Å². The molecule has 128 valence electrons. The van der Waals surface area contributed by atoms with E-state index < -0.39 is 0 Å². The maximum absolute atomic E-state index is 11.9. The highest BCUT2D eigenvalue weighted by Gasteiger charge is 2.28. The number of furan rings is 1. The molecule has 25 heavy (non-hydrogen) atoms. The topological polar surface area (TPSA) is 60.1 Å². The molecule has 0 spiro atoms. The Balaban J connectivity index is 1.36. The molecule has 1 N–H and O–H groups in total. The highest BCUT2D eigenvalue weighted by atomic mass is 32.1. The van der Waals surface area contributed by atoms with Crippen molar-refractivity contribution in [1.82, 2.24) is 15.1 Å². The number of aromatic nitrogens is 2. The summed E-state index contributed by atoms with van der Waals surface area (Å²) in [6, 6.07) is 9.93. The van der Waals surface area contributed by atoms with Crippen LogP contribution in [0.15, 0.2) is 52.5 Å². The van der Waals surface area contributed by atoms with E-state index in [-0.39, 0.29) is 5.91 Å². The molecule has 0 radical (unpaired) electrons. The molecule has 1 amide bonds. The Morgan fingerprint density at radius 1 is 1.40 bits per heavy atom. The van der Waals surface area contributed by atoms with Crippen LogP contribution in [0.4, 0.5) is 0 Å². The maximum Gasteiger partial charge on any atom is 0.244 e. The van der Waals surface area contributed by atoms with Crippen molar-refractivity contribution in [3.8, 4) is 10.6 Å². The summed E-state index contributed by atoms with van der Waals surface area (Å²) in [5.74, 6) is 1.16. The van der Waals surface area contributed by atoms with Crippen molar-refractivity contribution >= 4 is 23.3 Å². The summed E-state index contributed by atoms with van der Waals surface area (Å²) in [6.45, 7) is 1.23. The first-order valence-corrected chi connectivity index (χ1v) is 9.28. The molecule has 0 aromatic carbocycles. The fourth-order valence-corrected chi connectivity index (χ4v) is 3.43. The Morgan fingerprint density at radius 3 is 3.04 bits per heavy atom. The van der Waals surface area contributed by atoms with Gasteiger partial charge in [0.25, 0.3) is 0 Å². The van der Waals surface area contributed by atoms with Crippen LogP contribution in [0, 0.1) is 0 Å². The van der Waals surface area contributed by atoms with Crippen LogP contribution in [0.1, 0.15) is 30.2 Å². The minimum Gasteiger partial charge on any atom is -0.465 e. The smallest absolute Gasteiger partial charge is 0.244 e. The van der Waals surface area contributed by atoms with Crippen molar-refractivity contribution in [3.05, 3.63) is 59.5 Å². The first-order chi connectivity index (χ1) is 12.3. The van der Waals surface area contributed by atoms with E-state index in [0.717, 1.165) is 5.69 Å². The first-order valence-electron chi connectivity index (χ1n) is 8.40. The largest absolute Gasteiger partial charge is 0.465 e. The normalized spacial score (nSPS) is 14.2. The second-order valence-electron chi connectivity index (χ2n) is 6.07. The van der Waals surface area contributed by atoms with Crippen molar-refractivity contribution in [2.75, 3.05) is 6.54 Å². The van der Waals surface area contributed by atoms with E-state index in [9.17, 15) is 4.79 Å². The monoisotopic (exact) mass is 353 g/mol. The molecule has 6 heteroatoms. The molecule has 0 bridgehead atoms. The van der Waals surface area contributed by atoms with E-state index in [1.165, 1.54) is 29.5 Å². The molecule has 3 aromatic rings. The summed E-state index contributed by atoms with van der Waals surface area (Å²) >= 11 is 1.70. The second kappa shape index (κ2) is 7.11. The Bertz CT molecular complexity index is 859. The minimum atomic E-state index is -0.130. The highest BCUT2D eigenvalue weighted by Crippen LogP contribution is 2.41. The van der Waals surface area contributed by atoms with Gasteiger partial charge in [-0.3, -0.25) is 9.48 Å². The SMILES string of the molecule is O=C(/C=C/c1ccco1)NCCn1nc(-c2cccs2)cc1C1CC1. The molecule has 0 saturated heterocycles. The lowest BCUT2D eigenvalue weighted by Crippen LogP contribution is -2.26. The molecular formula is C19H19N3O2S. The zero-order valence-electron chi connectivity index (χ0n) is 13.7. The van der Waals surface area contributed by atoms with Crippen molar-refractivity contribution in [1.29, 1.82) is 0 Å². The number of amides is 1. The number of carbonyl (C=O) groups is 1. The van der Waals surface area contributed by atoms with E-state index in [1.54, 1.807) is 29.7 Å². The fourth-order valence-electron chi connectivity index (χ4n) is 2.75. The number of hydrogen-bond acceptors (Lipinski definition) is 4. The Hall–Kier alpha value is -2.60. The van der Waals surface area contributed by atoms with Crippen LogP contribution < -0.4 is 5.32 Å². The van der Waals surface area contributed by atoms with Crippen LogP contribution >= 0.6 is 11.3 Å². The number of carbonyl (C=O) groups excluding carboxylic acids is 1. The molecule has 1 aliphatic carbocycles. The standard InChI is InChI=1S/C19H19N3O2S/c23-19(8-7-15-3-1-11-24-15)20-9-10-22-17(14-5-6-14)13-16(21-22)18-4-2-12-25-18/h1-4,7-8,11-14H,5-6,9-10H2,(H,20,23)/b8-7+. The molecule has 1 aliphatic rings. The molecule has 0 unspecified atom stereocenters. The quantitative estimate of drug-likeness (QED) is 0.655. The van der Waals surface area contributed by atoms with E-state index >= 15 is 0 Å². The van der Waals surface area contributed by atoms with Crippen LogP contribution in [0.25, 0.3) is 16.6 Å². The third kappa shape index (κ3) is 3.91. The van der Waals surface area contributed by atoms with E-state index in [2.05, 4.69) is 22.8 Å². The van der Waals surface area contributed by atoms with Crippen LogP contribution in [-0.4, -0.2) is 22.2 Å². The molecular weight excluding hydrogens is 334 g/mol. The number of nitrogens with one attached hydrogen (secondary N) is 1. The van der Waals surface area contributed by atoms with Gasteiger partial charge in [-0.1, -0.05) is 6.07 Å². The predicted octanol–water partition coefficient (Wildman–Crippen LogP) is 3.91. The fraction of sp³-hybridized carbons (Fsp3) is 0.263.